The van der Waals surface area contributed by atoms with E-state index < -0.39 is 0 Å². The molecule has 2 unspecified atom stereocenters. The molecule has 1 aliphatic rings. The first-order chi connectivity index (χ1) is 13.8. The van der Waals surface area contributed by atoms with Crippen molar-refractivity contribution >= 4 is 32.3 Å². The summed E-state index contributed by atoms with van der Waals surface area (Å²) >= 11 is 6.69. The molecule has 2 heterocycles. The Morgan fingerprint density at radius 3 is 2.69 bits per heavy atom. The van der Waals surface area contributed by atoms with Gasteiger partial charge in [-0.25, -0.2) is 9.78 Å². The molecule has 3 rings (SSSR count). The fourth-order valence-electron chi connectivity index (χ4n) is 3.74. The van der Waals surface area contributed by atoms with E-state index in [-0.39, 0.29) is 18.1 Å². The van der Waals surface area contributed by atoms with Crippen molar-refractivity contribution in [1.29, 1.82) is 0 Å². The number of rotatable bonds is 4. The topological polar surface area (TPSA) is 61.4 Å². The Bertz CT molecular complexity index is 885. The molecule has 1 N–H and O–H groups in total. The lowest BCUT2D eigenvalue weighted by molar-refractivity contribution is 0.146. The number of carbonyl (C=O) groups excluding carboxylic acids is 1. The normalized spacial score (nSPS) is 16.5. The predicted octanol–water partition coefficient (Wildman–Crippen LogP) is 3.40. The molecule has 1 aliphatic heterocycles. The molecule has 0 aliphatic carbocycles. The molecule has 1 aromatic heterocycles. The molecule has 0 radical (unpaired) electrons. The Balaban J connectivity index is 1.73. The molecule has 0 bridgehead atoms. The van der Waals surface area contributed by atoms with Crippen LogP contribution >= 0.6 is 20.8 Å². The molecule has 6 nitrogen and oxygen atoms in total. The smallest absolute Gasteiger partial charge is 0.317 e. The zero-order valence-corrected chi connectivity index (χ0v) is 19.4. The van der Waals surface area contributed by atoms with Gasteiger partial charge in [-0.15, -0.1) is 0 Å². The van der Waals surface area contributed by atoms with E-state index >= 15 is 0 Å². The highest BCUT2D eigenvalue weighted by molar-refractivity contribution is 7.26. The van der Waals surface area contributed by atoms with Gasteiger partial charge in [-0.2, -0.15) is 0 Å². The summed E-state index contributed by atoms with van der Waals surface area (Å²) in [5.74, 6) is 0. The van der Waals surface area contributed by atoms with Gasteiger partial charge in [0.2, 0.25) is 0 Å². The maximum Gasteiger partial charge on any atom is 0.317 e. The first-order valence-corrected chi connectivity index (χ1v) is 10.8. The van der Waals surface area contributed by atoms with Crippen LogP contribution in [0.5, 0.6) is 0 Å². The average Bonchev–Trinajstić information content (AvgIpc) is 2.69. The maximum atomic E-state index is 12.8. The molecule has 0 spiro atoms. The summed E-state index contributed by atoms with van der Waals surface area (Å²) in [6, 6.07) is 3.97. The highest BCUT2D eigenvalue weighted by atomic mass is 35.5. The number of piperidine rings is 1. The van der Waals surface area contributed by atoms with E-state index in [0.29, 0.717) is 5.02 Å². The summed E-state index contributed by atoms with van der Waals surface area (Å²) in [6.45, 7) is 5.97. The Morgan fingerprint density at radius 2 is 2.03 bits per heavy atom. The quantitative estimate of drug-likeness (QED) is 0.751. The van der Waals surface area contributed by atoms with Crippen LogP contribution in [0.3, 0.4) is 0 Å². The summed E-state index contributed by atoms with van der Waals surface area (Å²) < 4.78 is 0. The highest BCUT2D eigenvalue weighted by Gasteiger charge is 2.25. The van der Waals surface area contributed by atoms with Crippen molar-refractivity contribution in [2.24, 2.45) is 0 Å². The van der Waals surface area contributed by atoms with E-state index in [1.807, 2.05) is 37.9 Å². The number of hydrogen-bond donors (Lipinski definition) is 1. The minimum absolute atomic E-state index is 0.0635. The van der Waals surface area contributed by atoms with Gasteiger partial charge < -0.3 is 15.1 Å². The number of urea groups is 1. The van der Waals surface area contributed by atoms with Crippen LogP contribution in [0, 0.1) is 6.92 Å². The molecule has 29 heavy (non-hydrogen) atoms. The van der Waals surface area contributed by atoms with Gasteiger partial charge in [-0.3, -0.25) is 4.98 Å². The van der Waals surface area contributed by atoms with E-state index in [1.54, 1.807) is 12.4 Å². The molecular weight excluding hydrogens is 405 g/mol. The van der Waals surface area contributed by atoms with Crippen LogP contribution in [0.15, 0.2) is 24.5 Å². The molecular formula is C21H29ClN5OP. The largest absolute Gasteiger partial charge is 0.331 e. The minimum atomic E-state index is -0.199. The second kappa shape index (κ2) is 9.38. The Hall–Kier alpha value is -1.75. The molecule has 1 aromatic carbocycles. The molecule has 1 saturated heterocycles. The van der Waals surface area contributed by atoms with Gasteiger partial charge in [-0.1, -0.05) is 33.0 Å². The average molecular weight is 434 g/mol. The molecule has 2 aromatic rings. The van der Waals surface area contributed by atoms with Gasteiger partial charge in [0.25, 0.3) is 0 Å². The van der Waals surface area contributed by atoms with Crippen molar-refractivity contribution in [3.63, 3.8) is 0 Å². The second-order valence-corrected chi connectivity index (χ2v) is 8.76. The van der Waals surface area contributed by atoms with Crippen LogP contribution in [-0.4, -0.2) is 59.0 Å². The van der Waals surface area contributed by atoms with Crippen molar-refractivity contribution in [3.05, 3.63) is 40.7 Å². The summed E-state index contributed by atoms with van der Waals surface area (Å²) in [5, 5.41) is 3.74. The van der Waals surface area contributed by atoms with Crippen molar-refractivity contribution in [3.8, 4) is 11.3 Å². The van der Waals surface area contributed by atoms with Crippen LogP contribution < -0.4 is 10.8 Å². The molecule has 2 amide bonds. The van der Waals surface area contributed by atoms with Crippen LogP contribution in [0.1, 0.15) is 36.9 Å². The number of amides is 2. The van der Waals surface area contributed by atoms with Gasteiger partial charge in [0.05, 0.1) is 29.6 Å². The summed E-state index contributed by atoms with van der Waals surface area (Å²) in [7, 11) is 6.55. The lowest BCUT2D eigenvalue weighted by Crippen LogP contribution is -2.48. The summed E-state index contributed by atoms with van der Waals surface area (Å²) in [4.78, 5) is 25.6. The van der Waals surface area contributed by atoms with E-state index in [4.69, 9.17) is 11.6 Å². The van der Waals surface area contributed by atoms with Crippen LogP contribution in [0.2, 0.25) is 5.02 Å². The number of hydrogen-bond acceptors (Lipinski definition) is 4. The van der Waals surface area contributed by atoms with E-state index in [0.717, 1.165) is 53.8 Å². The third-order valence-corrected chi connectivity index (χ3v) is 6.49. The van der Waals surface area contributed by atoms with E-state index in [1.165, 1.54) is 0 Å². The molecule has 0 saturated carbocycles. The molecule has 8 heteroatoms. The third-order valence-electron chi connectivity index (χ3n) is 5.71. The zero-order chi connectivity index (χ0) is 21.1. The zero-order valence-electron chi connectivity index (χ0n) is 17.4. The third kappa shape index (κ3) is 5.06. The number of likely N-dealkylation sites (tertiary alicyclic amines) is 1. The highest BCUT2D eigenvalue weighted by Crippen LogP contribution is 2.33. The lowest BCUT2D eigenvalue weighted by atomic mass is 9.99. The summed E-state index contributed by atoms with van der Waals surface area (Å²) in [5.41, 5.74) is 4.33. The SMILES string of the molecule is Cc1c(-c2cncc(P)n2)ccc(C(C)NC(=O)N(C)C2CCN(C)CC2)c1Cl. The maximum absolute atomic E-state index is 12.8. The standard InChI is InChI=1S/C21H29ClN5OP/c1-13-16(18-11-23-12-19(29)25-18)5-6-17(20(13)22)14(2)24-21(28)27(4)15-7-9-26(3)10-8-15/h5-6,11-12,14-15H,7-10,29H2,1-4H3,(H,24,28). The van der Waals surface area contributed by atoms with Gasteiger partial charge >= 0.3 is 6.03 Å². The van der Waals surface area contributed by atoms with Gasteiger partial charge in [0.15, 0.2) is 0 Å². The number of nitrogens with zero attached hydrogens (tertiary/aromatic N) is 4. The van der Waals surface area contributed by atoms with Crippen molar-refractivity contribution < 1.29 is 4.79 Å². The number of nitrogens with one attached hydrogen (secondary N) is 1. The van der Waals surface area contributed by atoms with E-state index in [2.05, 4.69) is 36.5 Å². The Morgan fingerprint density at radius 1 is 1.34 bits per heavy atom. The first-order valence-electron chi connectivity index (χ1n) is 9.86. The van der Waals surface area contributed by atoms with Crippen LogP contribution in [-0.2, 0) is 0 Å². The molecule has 156 valence electrons. The van der Waals surface area contributed by atoms with Crippen molar-refractivity contribution in [2.75, 3.05) is 27.2 Å². The molecule has 2 atom stereocenters. The van der Waals surface area contributed by atoms with Gasteiger partial charge in [0, 0.05) is 23.7 Å². The fraction of sp³-hybridized carbons (Fsp3) is 0.476. The molecule has 1 fully saturated rings. The van der Waals surface area contributed by atoms with Crippen LogP contribution in [0.25, 0.3) is 11.3 Å². The number of aromatic nitrogens is 2. The second-order valence-electron chi connectivity index (χ2n) is 7.79. The lowest BCUT2D eigenvalue weighted by Gasteiger charge is -2.35. The number of benzene rings is 1. The summed E-state index contributed by atoms with van der Waals surface area (Å²) in [6.07, 6.45) is 5.42. The van der Waals surface area contributed by atoms with Crippen LogP contribution in [0.4, 0.5) is 4.79 Å². The first kappa shape index (κ1) is 21.9. The Labute approximate surface area is 180 Å². The van der Waals surface area contributed by atoms with Crippen molar-refractivity contribution in [2.45, 2.75) is 38.8 Å². The fourth-order valence-corrected chi connectivity index (χ4v) is 4.30. The van der Waals surface area contributed by atoms with Crippen molar-refractivity contribution in [1.82, 2.24) is 25.1 Å². The predicted molar refractivity (Wildman–Crippen MR) is 122 cm³/mol. The minimum Gasteiger partial charge on any atom is -0.331 e. The monoisotopic (exact) mass is 433 g/mol. The Kier molecular flexibility index (Phi) is 7.10. The number of halogens is 1. The van der Waals surface area contributed by atoms with Gasteiger partial charge in [0.1, 0.15) is 0 Å². The number of carbonyl (C=O) groups is 1. The van der Waals surface area contributed by atoms with E-state index in [9.17, 15) is 4.79 Å². The van der Waals surface area contributed by atoms with Gasteiger partial charge in [-0.05, 0) is 58.0 Å².